The lowest BCUT2D eigenvalue weighted by atomic mass is 10.1. The molecule has 1 aromatic carbocycles. The summed E-state index contributed by atoms with van der Waals surface area (Å²) >= 11 is 0. The molecular weight excluding hydrogens is 155 g/mol. The molecule has 0 aromatic heterocycles. The van der Waals surface area contributed by atoms with Crippen molar-refractivity contribution in [3.63, 3.8) is 0 Å². The standard InChI is InChI=1S/C9H13FN2/c10-9-6-2-1-4-8(9)5-3-7-12-11/h1-2,4,6,12H,3,5,7,11H2. The van der Waals surface area contributed by atoms with E-state index in [1.807, 2.05) is 6.07 Å². The number of benzene rings is 1. The van der Waals surface area contributed by atoms with E-state index in [4.69, 9.17) is 5.84 Å². The molecule has 0 heterocycles. The van der Waals surface area contributed by atoms with Gasteiger partial charge in [-0.2, -0.15) is 0 Å². The van der Waals surface area contributed by atoms with E-state index < -0.39 is 0 Å². The maximum atomic E-state index is 13.0. The van der Waals surface area contributed by atoms with E-state index in [1.54, 1.807) is 12.1 Å². The summed E-state index contributed by atoms with van der Waals surface area (Å²) in [6.45, 7) is 0.717. The summed E-state index contributed by atoms with van der Waals surface area (Å²) in [5.74, 6) is 4.96. The minimum atomic E-state index is -0.130. The van der Waals surface area contributed by atoms with Crippen molar-refractivity contribution in [1.29, 1.82) is 0 Å². The Morgan fingerprint density at radius 2 is 2.08 bits per heavy atom. The molecule has 1 aromatic rings. The van der Waals surface area contributed by atoms with Gasteiger partial charge in [-0.15, -0.1) is 0 Å². The molecule has 0 unspecified atom stereocenters. The van der Waals surface area contributed by atoms with Crippen LogP contribution in [0.2, 0.25) is 0 Å². The van der Waals surface area contributed by atoms with Gasteiger partial charge >= 0.3 is 0 Å². The van der Waals surface area contributed by atoms with E-state index in [1.165, 1.54) is 6.07 Å². The normalized spacial score (nSPS) is 10.2. The Morgan fingerprint density at radius 3 is 2.75 bits per heavy atom. The van der Waals surface area contributed by atoms with Crippen molar-refractivity contribution in [2.45, 2.75) is 12.8 Å². The van der Waals surface area contributed by atoms with Crippen molar-refractivity contribution in [2.75, 3.05) is 6.54 Å². The van der Waals surface area contributed by atoms with Crippen LogP contribution in [0.1, 0.15) is 12.0 Å². The zero-order valence-electron chi connectivity index (χ0n) is 6.89. The highest BCUT2D eigenvalue weighted by Gasteiger charge is 1.98. The molecule has 12 heavy (non-hydrogen) atoms. The minimum absolute atomic E-state index is 0.130. The second kappa shape index (κ2) is 4.85. The first-order chi connectivity index (χ1) is 5.84. The Balaban J connectivity index is 2.46. The molecule has 3 N–H and O–H groups in total. The van der Waals surface area contributed by atoms with Crippen LogP contribution >= 0.6 is 0 Å². The van der Waals surface area contributed by atoms with Crippen LogP contribution in [0, 0.1) is 5.82 Å². The minimum Gasteiger partial charge on any atom is -0.271 e. The van der Waals surface area contributed by atoms with Gasteiger partial charge in [-0.05, 0) is 24.5 Å². The van der Waals surface area contributed by atoms with Gasteiger partial charge in [0.15, 0.2) is 0 Å². The molecule has 0 amide bonds. The topological polar surface area (TPSA) is 38.0 Å². The predicted molar refractivity (Wildman–Crippen MR) is 46.9 cm³/mol. The maximum Gasteiger partial charge on any atom is 0.126 e. The van der Waals surface area contributed by atoms with Crippen LogP contribution in [0.5, 0.6) is 0 Å². The van der Waals surface area contributed by atoms with Crippen molar-refractivity contribution in [2.24, 2.45) is 5.84 Å². The Bertz CT molecular complexity index is 238. The SMILES string of the molecule is NNCCCc1ccccc1F. The fraction of sp³-hybridized carbons (Fsp3) is 0.333. The summed E-state index contributed by atoms with van der Waals surface area (Å²) in [6, 6.07) is 6.81. The van der Waals surface area contributed by atoms with Crippen molar-refractivity contribution >= 4 is 0 Å². The smallest absolute Gasteiger partial charge is 0.126 e. The summed E-state index contributed by atoms with van der Waals surface area (Å²) in [6.07, 6.45) is 1.59. The van der Waals surface area contributed by atoms with E-state index in [0.717, 1.165) is 18.4 Å². The summed E-state index contributed by atoms with van der Waals surface area (Å²) in [5, 5.41) is 0. The molecule has 0 saturated heterocycles. The van der Waals surface area contributed by atoms with Crippen molar-refractivity contribution in [3.8, 4) is 0 Å². The Kier molecular flexibility index (Phi) is 3.70. The number of rotatable bonds is 4. The zero-order valence-corrected chi connectivity index (χ0v) is 6.89. The molecule has 1 rings (SSSR count). The quantitative estimate of drug-likeness (QED) is 0.403. The molecule has 0 atom stereocenters. The van der Waals surface area contributed by atoms with E-state index in [2.05, 4.69) is 5.43 Å². The van der Waals surface area contributed by atoms with Crippen molar-refractivity contribution in [3.05, 3.63) is 35.6 Å². The first-order valence-electron chi connectivity index (χ1n) is 4.01. The highest BCUT2D eigenvalue weighted by Crippen LogP contribution is 2.07. The highest BCUT2D eigenvalue weighted by molar-refractivity contribution is 5.17. The average Bonchev–Trinajstić information content (AvgIpc) is 2.09. The number of aryl methyl sites for hydroxylation is 1. The summed E-state index contributed by atoms with van der Waals surface area (Å²) < 4.78 is 13.0. The first-order valence-corrected chi connectivity index (χ1v) is 4.01. The van der Waals surface area contributed by atoms with Gasteiger partial charge in [0.1, 0.15) is 5.82 Å². The largest absolute Gasteiger partial charge is 0.271 e. The summed E-state index contributed by atoms with van der Waals surface area (Å²) in [7, 11) is 0. The fourth-order valence-electron chi connectivity index (χ4n) is 1.08. The molecule has 0 aliphatic rings. The number of hydrogen-bond donors (Lipinski definition) is 2. The van der Waals surface area contributed by atoms with Crippen molar-refractivity contribution < 1.29 is 4.39 Å². The molecule has 0 saturated carbocycles. The van der Waals surface area contributed by atoms with Crippen LogP contribution in [-0.4, -0.2) is 6.54 Å². The van der Waals surface area contributed by atoms with E-state index >= 15 is 0 Å². The van der Waals surface area contributed by atoms with E-state index in [-0.39, 0.29) is 5.82 Å². The third kappa shape index (κ3) is 2.60. The lowest BCUT2D eigenvalue weighted by Crippen LogP contribution is -2.23. The van der Waals surface area contributed by atoms with Gasteiger partial charge in [-0.25, -0.2) is 4.39 Å². The lowest BCUT2D eigenvalue weighted by Gasteiger charge is -2.01. The van der Waals surface area contributed by atoms with E-state index in [9.17, 15) is 4.39 Å². The Labute approximate surface area is 71.6 Å². The van der Waals surface area contributed by atoms with Gasteiger partial charge in [0.25, 0.3) is 0 Å². The summed E-state index contributed by atoms with van der Waals surface area (Å²) in [5.41, 5.74) is 3.29. The molecule has 0 fully saturated rings. The maximum absolute atomic E-state index is 13.0. The number of halogens is 1. The van der Waals surface area contributed by atoms with Gasteiger partial charge in [-0.1, -0.05) is 18.2 Å². The molecule has 0 bridgehead atoms. The molecule has 0 aliphatic carbocycles. The molecule has 0 aliphatic heterocycles. The van der Waals surface area contributed by atoms with E-state index in [0.29, 0.717) is 6.54 Å². The van der Waals surface area contributed by atoms with Crippen LogP contribution < -0.4 is 11.3 Å². The van der Waals surface area contributed by atoms with Gasteiger partial charge in [0.2, 0.25) is 0 Å². The van der Waals surface area contributed by atoms with Gasteiger partial charge in [-0.3, -0.25) is 11.3 Å². The van der Waals surface area contributed by atoms with Gasteiger partial charge in [0.05, 0.1) is 0 Å². The number of nitrogens with one attached hydrogen (secondary N) is 1. The molecule has 2 nitrogen and oxygen atoms in total. The van der Waals surface area contributed by atoms with Gasteiger partial charge < -0.3 is 0 Å². The molecule has 3 heteroatoms. The Hall–Kier alpha value is -0.930. The second-order valence-corrected chi connectivity index (χ2v) is 2.65. The second-order valence-electron chi connectivity index (χ2n) is 2.65. The molecule has 0 spiro atoms. The molecule has 0 radical (unpaired) electrons. The average molecular weight is 168 g/mol. The first kappa shape index (κ1) is 9.16. The van der Waals surface area contributed by atoms with Crippen LogP contribution in [-0.2, 0) is 6.42 Å². The number of hydrogen-bond acceptors (Lipinski definition) is 2. The van der Waals surface area contributed by atoms with Crippen LogP contribution in [0.4, 0.5) is 4.39 Å². The van der Waals surface area contributed by atoms with Crippen LogP contribution in [0.15, 0.2) is 24.3 Å². The van der Waals surface area contributed by atoms with Crippen molar-refractivity contribution in [1.82, 2.24) is 5.43 Å². The number of nitrogens with two attached hydrogens (primary N) is 1. The predicted octanol–water partition coefficient (Wildman–Crippen LogP) is 1.22. The fourth-order valence-corrected chi connectivity index (χ4v) is 1.08. The van der Waals surface area contributed by atoms with Gasteiger partial charge in [0, 0.05) is 6.54 Å². The Morgan fingerprint density at radius 1 is 1.33 bits per heavy atom. The molecular formula is C9H13FN2. The lowest BCUT2D eigenvalue weighted by molar-refractivity contribution is 0.597. The van der Waals surface area contributed by atoms with Crippen LogP contribution in [0.3, 0.4) is 0 Å². The van der Waals surface area contributed by atoms with Crippen LogP contribution in [0.25, 0.3) is 0 Å². The highest BCUT2D eigenvalue weighted by atomic mass is 19.1. The number of hydrazine groups is 1. The third-order valence-electron chi connectivity index (χ3n) is 1.73. The monoisotopic (exact) mass is 168 g/mol. The summed E-state index contributed by atoms with van der Waals surface area (Å²) in [4.78, 5) is 0. The zero-order chi connectivity index (χ0) is 8.81. The molecule has 66 valence electrons. The third-order valence-corrected chi connectivity index (χ3v) is 1.73.